The fourth-order valence-corrected chi connectivity index (χ4v) is 2.30. The molecule has 6 nitrogen and oxygen atoms in total. The van der Waals surface area contributed by atoms with Crippen LogP contribution in [0.25, 0.3) is 0 Å². The molecule has 116 valence electrons. The number of carboxylic acid groups (broad SMARTS) is 1. The van der Waals surface area contributed by atoms with E-state index in [9.17, 15) is 9.59 Å². The Hall–Kier alpha value is -1.60. The second-order valence-corrected chi connectivity index (χ2v) is 5.61. The van der Waals surface area contributed by atoms with Gasteiger partial charge in [0.25, 0.3) is 0 Å². The van der Waals surface area contributed by atoms with Gasteiger partial charge in [-0.15, -0.1) is 0 Å². The number of ether oxygens (including phenoxy) is 1. The van der Waals surface area contributed by atoms with E-state index in [4.69, 9.17) is 15.6 Å². The first-order valence-electron chi connectivity index (χ1n) is 6.40. The molecule has 7 heteroatoms. The maximum Gasteiger partial charge on any atom is 0.303 e. The normalized spacial score (nSPS) is 11.8. The minimum Gasteiger partial charge on any atom is -0.496 e. The number of nitrogens with zero attached hydrogens (tertiary/aromatic N) is 1. The molecule has 0 aromatic heterocycles. The van der Waals surface area contributed by atoms with Gasteiger partial charge in [-0.05, 0) is 24.6 Å². The smallest absolute Gasteiger partial charge is 0.303 e. The first-order valence-corrected chi connectivity index (χ1v) is 7.19. The van der Waals surface area contributed by atoms with Gasteiger partial charge < -0.3 is 20.5 Å². The summed E-state index contributed by atoms with van der Waals surface area (Å²) < 4.78 is 6.14. The summed E-state index contributed by atoms with van der Waals surface area (Å²) in [6.45, 7) is 0.336. The number of aliphatic carboxylic acids is 1. The van der Waals surface area contributed by atoms with E-state index in [0.29, 0.717) is 12.3 Å². The SMILES string of the molecule is COc1ccc(Br)cc1CN(C)C(=O)C(N)CCC(=O)O. The lowest BCUT2D eigenvalue weighted by atomic mass is 10.1. The third kappa shape index (κ3) is 5.35. The molecule has 1 aromatic carbocycles. The zero-order chi connectivity index (χ0) is 16.0. The molecule has 3 N–H and O–H groups in total. The van der Waals surface area contributed by atoms with Gasteiger partial charge >= 0.3 is 5.97 Å². The van der Waals surface area contributed by atoms with Gasteiger partial charge in [0.2, 0.25) is 5.91 Å². The van der Waals surface area contributed by atoms with Crippen LogP contribution in [0, 0.1) is 0 Å². The average Bonchev–Trinajstić information content (AvgIpc) is 2.44. The molecule has 21 heavy (non-hydrogen) atoms. The topological polar surface area (TPSA) is 92.9 Å². The minimum absolute atomic E-state index is 0.119. The molecule has 0 spiro atoms. The van der Waals surface area contributed by atoms with Crippen LogP contribution in [0.4, 0.5) is 0 Å². The lowest BCUT2D eigenvalue weighted by Crippen LogP contribution is -2.41. The Morgan fingerprint density at radius 2 is 2.14 bits per heavy atom. The van der Waals surface area contributed by atoms with Crippen LogP contribution in [0.3, 0.4) is 0 Å². The van der Waals surface area contributed by atoms with Gasteiger partial charge in [-0.2, -0.15) is 0 Å². The van der Waals surface area contributed by atoms with Crippen LogP contribution in [0.5, 0.6) is 5.75 Å². The summed E-state index contributed by atoms with van der Waals surface area (Å²) >= 11 is 3.37. The third-order valence-corrected chi connectivity index (χ3v) is 3.51. The second-order valence-electron chi connectivity index (χ2n) is 4.69. The number of carboxylic acids is 1. The van der Waals surface area contributed by atoms with Crippen molar-refractivity contribution in [1.29, 1.82) is 0 Å². The number of carbonyl (C=O) groups is 2. The van der Waals surface area contributed by atoms with Crippen molar-refractivity contribution in [3.63, 3.8) is 0 Å². The highest BCUT2D eigenvalue weighted by Gasteiger charge is 2.20. The Balaban J connectivity index is 2.71. The van der Waals surface area contributed by atoms with Crippen LogP contribution in [0.1, 0.15) is 18.4 Å². The molecule has 0 heterocycles. The maximum atomic E-state index is 12.1. The van der Waals surface area contributed by atoms with Crippen molar-refractivity contribution in [3.05, 3.63) is 28.2 Å². The number of amides is 1. The highest BCUT2D eigenvalue weighted by atomic mass is 79.9. The Kier molecular flexibility index (Phi) is 6.64. The van der Waals surface area contributed by atoms with E-state index >= 15 is 0 Å². The number of hydrogen-bond acceptors (Lipinski definition) is 4. The van der Waals surface area contributed by atoms with Gasteiger partial charge in [-0.3, -0.25) is 9.59 Å². The summed E-state index contributed by atoms with van der Waals surface area (Å²) in [5, 5.41) is 8.61. The van der Waals surface area contributed by atoms with E-state index in [1.807, 2.05) is 18.2 Å². The summed E-state index contributed by atoms with van der Waals surface area (Å²) in [7, 11) is 3.19. The van der Waals surface area contributed by atoms with Crippen molar-refractivity contribution in [3.8, 4) is 5.75 Å². The molecule has 0 saturated heterocycles. The molecule has 0 aliphatic heterocycles. The largest absolute Gasteiger partial charge is 0.496 e. The van der Waals surface area contributed by atoms with Crippen LogP contribution >= 0.6 is 15.9 Å². The number of hydrogen-bond donors (Lipinski definition) is 2. The van der Waals surface area contributed by atoms with Crippen LogP contribution in [-0.4, -0.2) is 42.1 Å². The predicted octanol–water partition coefficient (Wildman–Crippen LogP) is 1.61. The fourth-order valence-electron chi connectivity index (χ4n) is 1.89. The molecule has 0 aliphatic rings. The predicted molar refractivity (Wildman–Crippen MR) is 82.0 cm³/mol. The van der Waals surface area contributed by atoms with Gasteiger partial charge in [0.05, 0.1) is 13.2 Å². The Labute approximate surface area is 132 Å². The molecule has 0 saturated carbocycles. The van der Waals surface area contributed by atoms with E-state index in [2.05, 4.69) is 15.9 Å². The van der Waals surface area contributed by atoms with Crippen molar-refractivity contribution in [2.75, 3.05) is 14.2 Å². The van der Waals surface area contributed by atoms with Gasteiger partial charge in [-0.25, -0.2) is 0 Å². The number of halogens is 1. The van der Waals surface area contributed by atoms with Gasteiger partial charge in [0.1, 0.15) is 5.75 Å². The standard InChI is InChI=1S/C14H19BrN2O4/c1-17(14(20)11(16)4-6-13(18)19)8-9-7-10(15)3-5-12(9)21-2/h3,5,7,11H,4,6,8,16H2,1-2H3,(H,18,19). The Morgan fingerprint density at radius 3 is 2.71 bits per heavy atom. The highest BCUT2D eigenvalue weighted by molar-refractivity contribution is 9.10. The fraction of sp³-hybridized carbons (Fsp3) is 0.429. The zero-order valence-corrected chi connectivity index (χ0v) is 13.6. The second kappa shape index (κ2) is 7.99. The molecule has 1 rings (SSSR count). The molecule has 1 unspecified atom stereocenters. The Morgan fingerprint density at radius 1 is 1.48 bits per heavy atom. The molecule has 0 bridgehead atoms. The highest BCUT2D eigenvalue weighted by Crippen LogP contribution is 2.24. The van der Waals surface area contributed by atoms with Crippen molar-refractivity contribution in [1.82, 2.24) is 4.90 Å². The van der Waals surface area contributed by atoms with Crippen molar-refractivity contribution < 1.29 is 19.4 Å². The summed E-state index contributed by atoms with van der Waals surface area (Å²) in [6.07, 6.45) is -0.00488. The van der Waals surface area contributed by atoms with E-state index in [0.717, 1.165) is 10.0 Å². The lowest BCUT2D eigenvalue weighted by molar-refractivity contribution is -0.137. The number of rotatable bonds is 7. The van der Waals surface area contributed by atoms with E-state index in [-0.39, 0.29) is 18.7 Å². The number of nitrogens with two attached hydrogens (primary N) is 1. The molecule has 0 aliphatic carbocycles. The van der Waals surface area contributed by atoms with Gasteiger partial charge in [0, 0.05) is 30.0 Å². The number of methoxy groups -OCH3 is 1. The first-order chi connectivity index (χ1) is 9.85. The van der Waals surface area contributed by atoms with Crippen molar-refractivity contribution >= 4 is 27.8 Å². The average molecular weight is 359 g/mol. The van der Waals surface area contributed by atoms with Gasteiger partial charge in [-0.1, -0.05) is 15.9 Å². The van der Waals surface area contributed by atoms with Crippen LogP contribution in [-0.2, 0) is 16.1 Å². The van der Waals surface area contributed by atoms with Crippen LogP contribution in [0.15, 0.2) is 22.7 Å². The van der Waals surface area contributed by atoms with Crippen LogP contribution in [0.2, 0.25) is 0 Å². The lowest BCUT2D eigenvalue weighted by Gasteiger charge is -2.22. The monoisotopic (exact) mass is 358 g/mol. The molecule has 1 amide bonds. The Bertz CT molecular complexity index is 522. The molecular weight excluding hydrogens is 340 g/mol. The van der Waals surface area contributed by atoms with Crippen LogP contribution < -0.4 is 10.5 Å². The molecule has 0 radical (unpaired) electrons. The maximum absolute atomic E-state index is 12.1. The summed E-state index contributed by atoms with van der Waals surface area (Å²) in [4.78, 5) is 24.1. The van der Waals surface area contributed by atoms with Crippen molar-refractivity contribution in [2.45, 2.75) is 25.4 Å². The number of likely N-dealkylation sites (N-methyl/N-ethyl adjacent to an activating group) is 1. The summed E-state index contributed by atoms with van der Waals surface area (Å²) in [6, 6.07) is 4.71. The number of carbonyl (C=O) groups excluding carboxylic acids is 1. The van der Waals surface area contributed by atoms with E-state index in [1.165, 1.54) is 4.90 Å². The van der Waals surface area contributed by atoms with E-state index < -0.39 is 12.0 Å². The minimum atomic E-state index is -0.963. The molecule has 1 aromatic rings. The van der Waals surface area contributed by atoms with Crippen molar-refractivity contribution in [2.24, 2.45) is 5.73 Å². The first kappa shape index (κ1) is 17.5. The molecular formula is C14H19BrN2O4. The zero-order valence-electron chi connectivity index (χ0n) is 12.0. The van der Waals surface area contributed by atoms with Gasteiger partial charge in [0.15, 0.2) is 0 Å². The summed E-state index contributed by atoms with van der Waals surface area (Å²) in [5.74, 6) is -0.579. The third-order valence-electron chi connectivity index (χ3n) is 3.01. The van der Waals surface area contributed by atoms with E-state index in [1.54, 1.807) is 14.2 Å². The molecule has 0 fully saturated rings. The quantitative estimate of drug-likeness (QED) is 0.772. The molecule has 1 atom stereocenters. The number of benzene rings is 1. The summed E-state index contributed by atoms with van der Waals surface area (Å²) in [5.41, 5.74) is 6.57.